The van der Waals surface area contributed by atoms with E-state index in [2.05, 4.69) is 108 Å². The van der Waals surface area contributed by atoms with E-state index in [0.717, 1.165) is 69.5 Å². The summed E-state index contributed by atoms with van der Waals surface area (Å²) in [5.41, 5.74) is 5.07. The first-order valence-corrected chi connectivity index (χ1v) is 22.2. The summed E-state index contributed by atoms with van der Waals surface area (Å²) >= 11 is -4.92. The van der Waals surface area contributed by atoms with Crippen LogP contribution in [0.25, 0.3) is 21.5 Å². The van der Waals surface area contributed by atoms with Crippen LogP contribution in [0, 0.1) is 0 Å². The van der Waals surface area contributed by atoms with Crippen LogP contribution in [0.5, 0.6) is 0 Å². The third kappa shape index (κ3) is 4.85. The first-order valence-electron chi connectivity index (χ1n) is 18.6. The Morgan fingerprint density at radius 2 is 0.830 bits per heavy atom. The van der Waals surface area contributed by atoms with Gasteiger partial charge in [-0.25, -0.2) is 0 Å². The second-order valence-electron chi connectivity index (χ2n) is 14.1. The number of nitrogens with zero attached hydrogens (tertiary/aromatic N) is 8. The van der Waals surface area contributed by atoms with Crippen LogP contribution in [0.2, 0.25) is 0 Å². The van der Waals surface area contributed by atoms with Gasteiger partial charge in [-0.1, -0.05) is 0 Å². The van der Waals surface area contributed by atoms with E-state index in [0.29, 0.717) is 46.0 Å². The normalized spacial score (nSPS) is 18.9. The van der Waals surface area contributed by atoms with E-state index in [9.17, 15) is 0 Å². The standard InChI is InChI=1S/C42H38GeN8O2/c1-5-15-25(3)52-43(53-26(4)16-6-2)50-39-31-21-11-12-22-32(31)41(50)48-37-29-19-9-10-20-30(29)38(45-37)49-42-34-24-14-13-23-33(34)40(51(42)43)47-36-28-18-8-7-17-27(28)35(44-36)46-39/h7-14,17-26H,5-6,15-16H2,1-4H3. The summed E-state index contributed by atoms with van der Waals surface area (Å²) in [4.78, 5) is 32.4. The third-order valence-electron chi connectivity index (χ3n) is 10.4. The van der Waals surface area contributed by atoms with Crippen LogP contribution in [0.15, 0.2) is 127 Å². The number of hydrogen-bond donors (Lipinski definition) is 0. The number of rotatable bonds is 8. The van der Waals surface area contributed by atoms with Crippen LogP contribution in [0.4, 0.5) is 11.6 Å². The first kappa shape index (κ1) is 32.4. The van der Waals surface area contributed by atoms with Crippen molar-refractivity contribution in [2.45, 2.75) is 65.6 Å². The quantitative estimate of drug-likeness (QED) is 0.148. The summed E-state index contributed by atoms with van der Waals surface area (Å²) in [6.07, 6.45) is 3.22. The topological polar surface area (TPSA) is 102 Å². The molecule has 0 radical (unpaired) electrons. The molecule has 2 aromatic heterocycles. The number of fused-ring (bicyclic) bond motifs is 14. The van der Waals surface area contributed by atoms with E-state index in [4.69, 9.17) is 37.5 Å². The zero-order chi connectivity index (χ0) is 35.8. The Labute approximate surface area is 310 Å². The Bertz CT molecular complexity index is 2590. The summed E-state index contributed by atoms with van der Waals surface area (Å²) in [5, 5.41) is 3.71. The van der Waals surface area contributed by atoms with Gasteiger partial charge in [-0.2, -0.15) is 0 Å². The maximum atomic E-state index is 7.72. The number of amidine groups is 4. The molecule has 4 aromatic carbocycles. The minimum atomic E-state index is -4.92. The molecule has 10 rings (SSSR count). The van der Waals surface area contributed by atoms with Gasteiger partial charge in [0.1, 0.15) is 0 Å². The van der Waals surface area contributed by atoms with Crippen molar-refractivity contribution in [3.63, 3.8) is 0 Å². The number of aliphatic imine (C=N–C) groups is 4. The van der Waals surface area contributed by atoms with Crippen LogP contribution in [0.3, 0.4) is 0 Å². The van der Waals surface area contributed by atoms with Crippen LogP contribution < -0.4 is 11.0 Å². The Hall–Kier alpha value is -5.30. The molecule has 4 aliphatic rings. The van der Waals surface area contributed by atoms with Gasteiger partial charge < -0.3 is 0 Å². The Morgan fingerprint density at radius 3 is 1.23 bits per heavy atom. The molecule has 0 spiro atoms. The molecule has 2 unspecified atom stereocenters. The number of aromatic nitrogens is 2. The van der Waals surface area contributed by atoms with Crippen molar-refractivity contribution in [1.82, 2.24) is 7.05 Å². The summed E-state index contributed by atoms with van der Waals surface area (Å²) in [5.74, 6) is 3.75. The molecular weight excluding hydrogens is 721 g/mol. The molecule has 4 aliphatic heterocycles. The molecular formula is C42H38GeN8O2. The van der Waals surface area contributed by atoms with Gasteiger partial charge in [-0.05, 0) is 0 Å². The second-order valence-corrected chi connectivity index (χ2v) is 19.3. The second kappa shape index (κ2) is 12.4. The summed E-state index contributed by atoms with van der Waals surface area (Å²) in [6, 6.07) is 33.1. The molecule has 0 amide bonds. The molecule has 0 N–H and O–H groups in total. The van der Waals surface area contributed by atoms with Gasteiger partial charge in [0.15, 0.2) is 0 Å². The molecule has 6 heterocycles. The van der Waals surface area contributed by atoms with Crippen molar-refractivity contribution in [3.05, 3.63) is 130 Å². The van der Waals surface area contributed by atoms with Gasteiger partial charge in [-0.3, -0.25) is 0 Å². The molecule has 0 fully saturated rings. The predicted octanol–water partition coefficient (Wildman–Crippen LogP) is 7.78. The molecule has 6 aromatic rings. The molecule has 2 atom stereocenters. The van der Waals surface area contributed by atoms with Crippen LogP contribution in [0.1, 0.15) is 75.6 Å². The van der Waals surface area contributed by atoms with Crippen LogP contribution >= 0.6 is 0 Å². The maximum absolute atomic E-state index is 7.72. The van der Waals surface area contributed by atoms with Crippen molar-refractivity contribution >= 4 is 70.9 Å². The predicted molar refractivity (Wildman–Crippen MR) is 212 cm³/mol. The SMILES string of the molecule is CCCC(C)[O][Ge]1([O]C(C)CCC)[n]2c3c4ccccc4c2N=C2N=C(N=c4c5ccccc5c([n]41)=NC1=NC(=N3)c3ccccc31)c1ccccc12. The van der Waals surface area contributed by atoms with E-state index < -0.39 is 14.4 Å². The molecule has 0 aliphatic carbocycles. The molecule has 10 nitrogen and oxygen atoms in total. The fourth-order valence-corrected chi connectivity index (χ4v) is 15.9. The fraction of sp³-hybridized carbons (Fsp3) is 0.238. The van der Waals surface area contributed by atoms with Gasteiger partial charge in [-0.15, -0.1) is 0 Å². The first-order chi connectivity index (χ1) is 26.0. The van der Waals surface area contributed by atoms with Crippen LogP contribution in [-0.2, 0) is 7.53 Å². The van der Waals surface area contributed by atoms with E-state index in [1.54, 1.807) is 0 Å². The van der Waals surface area contributed by atoms with E-state index in [1.807, 2.05) is 24.3 Å². The van der Waals surface area contributed by atoms with Crippen LogP contribution in [-0.4, -0.2) is 57.0 Å². The van der Waals surface area contributed by atoms with Gasteiger partial charge in [0.25, 0.3) is 0 Å². The Morgan fingerprint density at radius 1 is 0.472 bits per heavy atom. The Balaban J connectivity index is 1.51. The zero-order valence-electron chi connectivity index (χ0n) is 30.1. The third-order valence-corrected chi connectivity index (χ3v) is 17.5. The van der Waals surface area contributed by atoms with E-state index in [1.165, 1.54) is 0 Å². The van der Waals surface area contributed by atoms with E-state index >= 15 is 0 Å². The van der Waals surface area contributed by atoms with Crippen molar-refractivity contribution in [2.24, 2.45) is 30.0 Å². The molecule has 0 saturated carbocycles. The number of hydrogen-bond acceptors (Lipinski definition) is 8. The number of benzene rings is 4. The molecule has 6 bridgehead atoms. The van der Waals surface area contributed by atoms with Gasteiger partial charge in [0.2, 0.25) is 0 Å². The van der Waals surface area contributed by atoms with Gasteiger partial charge >= 0.3 is 311 Å². The monoisotopic (exact) mass is 760 g/mol. The molecule has 262 valence electrons. The summed E-state index contributed by atoms with van der Waals surface area (Å²) < 4.78 is 19.9. The summed E-state index contributed by atoms with van der Waals surface area (Å²) in [6.45, 7) is 8.69. The molecule has 0 saturated heterocycles. The average Bonchev–Trinajstić information content (AvgIpc) is 3.88. The van der Waals surface area contributed by atoms with Crippen molar-refractivity contribution in [3.8, 4) is 0 Å². The van der Waals surface area contributed by atoms with Crippen molar-refractivity contribution in [2.75, 3.05) is 0 Å². The molecule has 11 heteroatoms. The molecule has 53 heavy (non-hydrogen) atoms. The van der Waals surface area contributed by atoms with E-state index in [-0.39, 0.29) is 12.2 Å². The average molecular weight is 759 g/mol. The minimum absolute atomic E-state index is 0.171. The van der Waals surface area contributed by atoms with Gasteiger partial charge in [0.05, 0.1) is 0 Å². The van der Waals surface area contributed by atoms with Gasteiger partial charge in [0, 0.05) is 0 Å². The van der Waals surface area contributed by atoms with Crippen molar-refractivity contribution < 1.29 is 7.53 Å². The zero-order valence-corrected chi connectivity index (χ0v) is 32.2. The van der Waals surface area contributed by atoms with Crippen molar-refractivity contribution in [1.29, 1.82) is 0 Å². The Kier molecular flexibility index (Phi) is 7.57. The summed E-state index contributed by atoms with van der Waals surface area (Å²) in [7, 11) is 0. The fourth-order valence-electron chi connectivity index (χ4n) is 8.13.